The minimum Gasteiger partial charge on any atom is -0.448 e. The van der Waals surface area contributed by atoms with Gasteiger partial charge in [-0.15, -0.1) is 11.3 Å². The largest absolute Gasteiger partial charge is 0.448 e. The molecule has 22 heavy (non-hydrogen) atoms. The number of carbonyl (C=O) groups is 2. The number of ether oxygens (including phenoxy) is 1. The van der Waals surface area contributed by atoms with Crippen LogP contribution in [0.1, 0.15) is 33.0 Å². The van der Waals surface area contributed by atoms with E-state index in [1.807, 2.05) is 6.92 Å². The van der Waals surface area contributed by atoms with E-state index in [9.17, 15) is 9.59 Å². The minimum absolute atomic E-state index is 0.380. The standard InChI is InChI=1S/C14H18N4O3S/c1-7-12(8(2)18(5)17-7)16-13(19)9(3)21-14(20)11-6-15-10(4)22-11/h6,9H,1-5H3,(H,16,19). The molecular weight excluding hydrogens is 304 g/mol. The summed E-state index contributed by atoms with van der Waals surface area (Å²) in [5.74, 6) is -0.943. The van der Waals surface area contributed by atoms with Crippen molar-refractivity contribution in [2.45, 2.75) is 33.8 Å². The summed E-state index contributed by atoms with van der Waals surface area (Å²) in [6.45, 7) is 6.99. The van der Waals surface area contributed by atoms with Gasteiger partial charge in [0.05, 0.1) is 28.3 Å². The van der Waals surface area contributed by atoms with Gasteiger partial charge in [0, 0.05) is 7.05 Å². The lowest BCUT2D eigenvalue weighted by Gasteiger charge is -2.13. The van der Waals surface area contributed by atoms with Gasteiger partial charge in [-0.1, -0.05) is 0 Å². The number of carbonyl (C=O) groups excluding carboxylic acids is 2. The van der Waals surface area contributed by atoms with E-state index in [-0.39, 0.29) is 0 Å². The van der Waals surface area contributed by atoms with Crippen LogP contribution in [0.5, 0.6) is 0 Å². The normalized spacial score (nSPS) is 12.0. The first-order valence-corrected chi connectivity index (χ1v) is 7.55. The Morgan fingerprint density at radius 1 is 1.36 bits per heavy atom. The molecule has 2 aromatic rings. The highest BCUT2D eigenvalue weighted by Gasteiger charge is 2.22. The van der Waals surface area contributed by atoms with Gasteiger partial charge in [-0.2, -0.15) is 5.10 Å². The van der Waals surface area contributed by atoms with E-state index in [0.717, 1.165) is 10.7 Å². The Balaban J connectivity index is 2.02. The molecule has 0 bridgehead atoms. The van der Waals surface area contributed by atoms with Crippen LogP contribution < -0.4 is 5.32 Å². The second-order valence-electron chi connectivity index (χ2n) is 4.95. The summed E-state index contributed by atoms with van der Waals surface area (Å²) in [5, 5.41) is 7.74. The molecule has 0 aliphatic carbocycles. The molecule has 2 rings (SSSR count). The molecule has 8 heteroatoms. The summed E-state index contributed by atoms with van der Waals surface area (Å²) in [6.07, 6.45) is 0.538. The molecule has 0 spiro atoms. The second kappa shape index (κ2) is 6.27. The zero-order chi connectivity index (χ0) is 16.4. The number of nitrogens with one attached hydrogen (secondary N) is 1. The fraction of sp³-hybridized carbons (Fsp3) is 0.429. The van der Waals surface area contributed by atoms with E-state index in [1.54, 1.807) is 25.6 Å². The number of anilines is 1. The van der Waals surface area contributed by atoms with E-state index >= 15 is 0 Å². The third-order valence-corrected chi connectivity index (χ3v) is 4.13. The molecule has 2 heterocycles. The first-order valence-electron chi connectivity index (χ1n) is 6.74. The molecule has 0 aliphatic heterocycles. The quantitative estimate of drug-likeness (QED) is 0.870. The summed E-state index contributed by atoms with van der Waals surface area (Å²) < 4.78 is 6.84. The van der Waals surface area contributed by atoms with Gasteiger partial charge in [0.15, 0.2) is 6.10 Å². The third kappa shape index (κ3) is 3.33. The van der Waals surface area contributed by atoms with Gasteiger partial charge < -0.3 is 10.1 Å². The fourth-order valence-corrected chi connectivity index (χ4v) is 2.57. The number of hydrogen-bond donors (Lipinski definition) is 1. The van der Waals surface area contributed by atoms with Gasteiger partial charge in [0.1, 0.15) is 4.88 Å². The van der Waals surface area contributed by atoms with E-state index in [4.69, 9.17) is 4.74 Å². The molecule has 0 saturated heterocycles. The summed E-state index contributed by atoms with van der Waals surface area (Å²) >= 11 is 1.23. The number of esters is 1. The van der Waals surface area contributed by atoms with E-state index in [0.29, 0.717) is 16.3 Å². The van der Waals surface area contributed by atoms with Crippen molar-refractivity contribution in [2.75, 3.05) is 5.32 Å². The van der Waals surface area contributed by atoms with E-state index in [1.165, 1.54) is 24.5 Å². The Morgan fingerprint density at radius 2 is 2.05 bits per heavy atom. The van der Waals surface area contributed by atoms with Crippen LogP contribution in [0, 0.1) is 20.8 Å². The molecule has 1 N–H and O–H groups in total. The molecule has 1 amide bonds. The second-order valence-corrected chi connectivity index (χ2v) is 6.18. The van der Waals surface area contributed by atoms with Crippen LogP contribution in [-0.2, 0) is 16.6 Å². The summed E-state index contributed by atoms with van der Waals surface area (Å²) in [4.78, 5) is 28.4. The Labute approximate surface area is 132 Å². The predicted molar refractivity (Wildman–Crippen MR) is 83.0 cm³/mol. The lowest BCUT2D eigenvalue weighted by molar-refractivity contribution is -0.123. The van der Waals surface area contributed by atoms with Crippen molar-refractivity contribution >= 4 is 28.9 Å². The van der Waals surface area contributed by atoms with Crippen molar-refractivity contribution in [3.05, 3.63) is 27.5 Å². The van der Waals surface area contributed by atoms with Gasteiger partial charge in [-0.3, -0.25) is 9.48 Å². The highest BCUT2D eigenvalue weighted by molar-refractivity contribution is 7.13. The van der Waals surface area contributed by atoms with Crippen LogP contribution in [0.4, 0.5) is 5.69 Å². The fourth-order valence-electron chi connectivity index (χ4n) is 1.91. The van der Waals surface area contributed by atoms with Crippen LogP contribution >= 0.6 is 11.3 Å². The number of thiazole rings is 1. The molecule has 0 aromatic carbocycles. The van der Waals surface area contributed by atoms with Crippen LogP contribution in [0.25, 0.3) is 0 Å². The molecule has 118 valence electrons. The van der Waals surface area contributed by atoms with E-state index in [2.05, 4.69) is 15.4 Å². The van der Waals surface area contributed by atoms with Crippen molar-refractivity contribution in [1.29, 1.82) is 0 Å². The van der Waals surface area contributed by atoms with Crippen molar-refractivity contribution < 1.29 is 14.3 Å². The third-order valence-electron chi connectivity index (χ3n) is 3.23. The van der Waals surface area contributed by atoms with Crippen LogP contribution in [0.2, 0.25) is 0 Å². The molecule has 0 aliphatic rings. The topological polar surface area (TPSA) is 86.1 Å². The zero-order valence-corrected chi connectivity index (χ0v) is 13.9. The minimum atomic E-state index is -0.908. The smallest absolute Gasteiger partial charge is 0.350 e. The average molecular weight is 322 g/mol. The molecule has 1 atom stereocenters. The Kier molecular flexibility index (Phi) is 4.60. The number of aryl methyl sites for hydroxylation is 3. The lowest BCUT2D eigenvalue weighted by Crippen LogP contribution is -2.30. The van der Waals surface area contributed by atoms with Gasteiger partial charge in [0.25, 0.3) is 5.91 Å². The Morgan fingerprint density at radius 3 is 2.55 bits per heavy atom. The molecule has 0 fully saturated rings. The van der Waals surface area contributed by atoms with Gasteiger partial charge in [-0.05, 0) is 27.7 Å². The molecule has 1 unspecified atom stereocenters. The number of hydrogen-bond acceptors (Lipinski definition) is 6. The first-order chi connectivity index (χ1) is 10.3. The first kappa shape index (κ1) is 16.2. The number of amides is 1. The maximum atomic E-state index is 12.2. The maximum Gasteiger partial charge on any atom is 0.350 e. The van der Waals surface area contributed by atoms with Crippen molar-refractivity contribution in [2.24, 2.45) is 7.05 Å². The Hall–Kier alpha value is -2.22. The van der Waals surface area contributed by atoms with Gasteiger partial charge >= 0.3 is 5.97 Å². The predicted octanol–water partition coefficient (Wildman–Crippen LogP) is 1.99. The average Bonchev–Trinajstić information content (AvgIpc) is 2.98. The van der Waals surface area contributed by atoms with Crippen LogP contribution in [0.3, 0.4) is 0 Å². The van der Waals surface area contributed by atoms with Gasteiger partial charge in [0.2, 0.25) is 0 Å². The molecular formula is C14H18N4O3S. The highest BCUT2D eigenvalue weighted by Crippen LogP contribution is 2.19. The van der Waals surface area contributed by atoms with Crippen molar-refractivity contribution in [3.8, 4) is 0 Å². The van der Waals surface area contributed by atoms with E-state index < -0.39 is 18.0 Å². The summed E-state index contributed by atoms with van der Waals surface area (Å²) in [5.41, 5.74) is 2.19. The number of aromatic nitrogens is 3. The summed E-state index contributed by atoms with van der Waals surface area (Å²) in [7, 11) is 1.80. The number of rotatable bonds is 4. The number of nitrogens with zero attached hydrogens (tertiary/aromatic N) is 3. The lowest BCUT2D eigenvalue weighted by atomic mass is 10.3. The molecule has 0 saturated carbocycles. The monoisotopic (exact) mass is 322 g/mol. The molecule has 7 nitrogen and oxygen atoms in total. The summed E-state index contributed by atoms with van der Waals surface area (Å²) in [6, 6.07) is 0. The van der Waals surface area contributed by atoms with Gasteiger partial charge in [-0.25, -0.2) is 9.78 Å². The zero-order valence-electron chi connectivity index (χ0n) is 13.1. The SMILES string of the molecule is Cc1ncc(C(=O)OC(C)C(=O)Nc2c(C)nn(C)c2C)s1. The Bertz CT molecular complexity index is 720. The highest BCUT2D eigenvalue weighted by atomic mass is 32.1. The van der Waals surface area contributed by atoms with Crippen LogP contribution in [-0.4, -0.2) is 32.7 Å². The van der Waals surface area contributed by atoms with Crippen molar-refractivity contribution in [1.82, 2.24) is 14.8 Å². The molecule has 2 aromatic heterocycles. The van der Waals surface area contributed by atoms with Crippen LogP contribution in [0.15, 0.2) is 6.20 Å². The maximum absolute atomic E-state index is 12.2. The van der Waals surface area contributed by atoms with Crippen molar-refractivity contribution in [3.63, 3.8) is 0 Å². The molecule has 0 radical (unpaired) electrons.